The molecule has 2 N–H and O–H groups in total. The average Bonchev–Trinajstić information content (AvgIpc) is 3.43. The second kappa shape index (κ2) is 60.0. The first-order valence-electron chi connectivity index (χ1n) is 31.8. The van der Waals surface area contributed by atoms with Crippen LogP contribution in [-0.4, -0.2) is 66.5 Å². The Labute approximate surface area is 478 Å². The maximum atomic E-state index is 12.9. The van der Waals surface area contributed by atoms with Crippen LogP contribution < -0.4 is 0 Å². The Balaban J connectivity index is 4.72. The molecule has 0 radical (unpaired) electrons. The molecule has 11 nitrogen and oxygen atoms in total. The van der Waals surface area contributed by atoms with Gasteiger partial charge in [0, 0.05) is 19.3 Å². The molecule has 0 amide bonds. The van der Waals surface area contributed by atoms with Crippen molar-refractivity contribution in [2.45, 2.75) is 303 Å². The van der Waals surface area contributed by atoms with Crippen LogP contribution in [0, 0.1) is 0 Å². The smallest absolute Gasteiger partial charge is 0.462 e. The van der Waals surface area contributed by atoms with E-state index in [0.717, 1.165) is 128 Å². The predicted octanol–water partition coefficient (Wildman–Crippen LogP) is 19.3. The van der Waals surface area contributed by atoms with E-state index in [0.29, 0.717) is 19.3 Å². The average molecular weight is 1120 g/mol. The Morgan fingerprint density at radius 2 is 0.667 bits per heavy atom. The Kier molecular flexibility index (Phi) is 57.7. The number of carbonyl (C=O) groups excluding carboxylic acids is 3. The minimum Gasteiger partial charge on any atom is -0.462 e. The molecule has 452 valence electrons. The summed E-state index contributed by atoms with van der Waals surface area (Å²) in [7, 11) is -4.76. The molecule has 0 bridgehead atoms. The van der Waals surface area contributed by atoms with Gasteiger partial charge in [-0.3, -0.25) is 23.4 Å². The molecule has 0 aromatic rings. The molecule has 0 rings (SSSR count). The third kappa shape index (κ3) is 57.6. The summed E-state index contributed by atoms with van der Waals surface area (Å²) in [5, 5.41) is 9.84. The Morgan fingerprint density at radius 1 is 0.372 bits per heavy atom. The molecule has 0 fully saturated rings. The van der Waals surface area contributed by atoms with Gasteiger partial charge in [-0.2, -0.15) is 0 Å². The number of esters is 3. The number of hydrogen-bond donors (Lipinski definition) is 2. The van der Waals surface area contributed by atoms with Crippen LogP contribution in [-0.2, 0) is 42.2 Å². The van der Waals surface area contributed by atoms with E-state index in [2.05, 4.69) is 93.7 Å². The molecule has 0 saturated heterocycles. The summed E-state index contributed by atoms with van der Waals surface area (Å²) in [6.45, 7) is 4.52. The highest BCUT2D eigenvalue weighted by molar-refractivity contribution is 7.47. The molecular formula is C66H117O11P. The summed E-state index contributed by atoms with van der Waals surface area (Å²) in [6, 6.07) is 0. The van der Waals surface area contributed by atoms with E-state index in [1.54, 1.807) is 0 Å². The van der Waals surface area contributed by atoms with Crippen molar-refractivity contribution < 1.29 is 52.2 Å². The number of phosphoric ester groups is 1. The highest BCUT2D eigenvalue weighted by Gasteiger charge is 2.28. The SMILES string of the molecule is CC/C=C\C/C=C\C/C=C\CCCCCCCCCC(=O)OC(COC(=O)CCCCCCCCCCC/C=C\C/C=C\CCCCC)COP(=O)(O)OCC(CO)OC(=O)CCCCCCC/C=C\CCCCCCCC. The lowest BCUT2D eigenvalue weighted by atomic mass is 10.1. The zero-order valence-corrected chi connectivity index (χ0v) is 51.0. The predicted molar refractivity (Wildman–Crippen MR) is 325 cm³/mol. The van der Waals surface area contributed by atoms with E-state index in [1.165, 1.54) is 103 Å². The van der Waals surface area contributed by atoms with Crippen LogP contribution in [0.25, 0.3) is 0 Å². The van der Waals surface area contributed by atoms with Gasteiger partial charge in [0.2, 0.25) is 0 Å². The fourth-order valence-electron chi connectivity index (χ4n) is 8.75. The van der Waals surface area contributed by atoms with Crippen LogP contribution in [0.4, 0.5) is 0 Å². The number of ether oxygens (including phenoxy) is 3. The van der Waals surface area contributed by atoms with Crippen molar-refractivity contribution in [3.63, 3.8) is 0 Å². The third-order valence-corrected chi connectivity index (χ3v) is 14.5. The number of allylic oxidation sites excluding steroid dienone is 12. The minimum absolute atomic E-state index is 0.154. The maximum Gasteiger partial charge on any atom is 0.472 e. The van der Waals surface area contributed by atoms with Gasteiger partial charge in [-0.15, -0.1) is 0 Å². The number of carbonyl (C=O) groups is 3. The number of unbranched alkanes of at least 4 members (excludes halogenated alkanes) is 30. The van der Waals surface area contributed by atoms with Crippen molar-refractivity contribution in [2.24, 2.45) is 0 Å². The molecule has 78 heavy (non-hydrogen) atoms. The van der Waals surface area contributed by atoms with Crippen LogP contribution in [0.2, 0.25) is 0 Å². The molecule has 0 saturated carbocycles. The van der Waals surface area contributed by atoms with Crippen LogP contribution in [0.1, 0.15) is 290 Å². The molecule has 0 heterocycles. The van der Waals surface area contributed by atoms with Gasteiger partial charge in [0.15, 0.2) is 6.10 Å². The van der Waals surface area contributed by atoms with E-state index < -0.39 is 57.8 Å². The van der Waals surface area contributed by atoms with E-state index >= 15 is 0 Å². The first-order chi connectivity index (χ1) is 38.2. The summed E-state index contributed by atoms with van der Waals surface area (Å²) in [4.78, 5) is 48.7. The summed E-state index contributed by atoms with van der Waals surface area (Å²) in [6.07, 6.45) is 68.5. The van der Waals surface area contributed by atoms with Gasteiger partial charge < -0.3 is 24.2 Å². The quantitative estimate of drug-likeness (QED) is 0.0197. The zero-order valence-electron chi connectivity index (χ0n) is 50.1. The minimum atomic E-state index is -4.76. The summed E-state index contributed by atoms with van der Waals surface area (Å²) in [5.74, 6) is -1.48. The molecular weight excluding hydrogens is 1000 g/mol. The van der Waals surface area contributed by atoms with Gasteiger partial charge in [0.05, 0.1) is 19.8 Å². The van der Waals surface area contributed by atoms with Crippen LogP contribution in [0.5, 0.6) is 0 Å². The standard InChI is InChI=1S/C66H117O11P/c1-4-7-10-13-16-19-22-25-28-30-31-33-35-37-40-43-46-49-52-55-64(68)73-59-63(77-66(70)57-54-51-48-45-42-39-36-32-29-26-23-20-17-14-11-8-5-2)61-75-78(71,72)74-60-62(58-67)76-65(69)56-53-50-47-44-41-38-34-27-24-21-18-15-12-9-6-3/h8,11,16-17,19-20,25-29,34,62-63,67H,4-7,9-10,12-15,18,21-24,30-33,35-61H2,1-3H3,(H,71,72)/b11-8-,19-16-,20-17-,28-25-,29-26-,34-27-. The van der Waals surface area contributed by atoms with Crippen LogP contribution in [0.15, 0.2) is 72.9 Å². The summed E-state index contributed by atoms with van der Waals surface area (Å²) in [5.41, 5.74) is 0. The molecule has 0 aromatic heterocycles. The Hall–Kier alpha value is -3.08. The fourth-order valence-corrected chi connectivity index (χ4v) is 9.53. The van der Waals surface area contributed by atoms with Crippen molar-refractivity contribution in [2.75, 3.05) is 26.4 Å². The van der Waals surface area contributed by atoms with Crippen LogP contribution in [0.3, 0.4) is 0 Å². The van der Waals surface area contributed by atoms with Crippen molar-refractivity contribution in [1.82, 2.24) is 0 Å². The van der Waals surface area contributed by atoms with Crippen LogP contribution >= 0.6 is 7.82 Å². The first-order valence-corrected chi connectivity index (χ1v) is 33.3. The lowest BCUT2D eigenvalue weighted by molar-refractivity contribution is -0.161. The largest absolute Gasteiger partial charge is 0.472 e. The van der Waals surface area contributed by atoms with Gasteiger partial charge in [-0.25, -0.2) is 4.57 Å². The zero-order chi connectivity index (χ0) is 56.9. The molecule has 12 heteroatoms. The van der Waals surface area contributed by atoms with E-state index in [1.807, 2.05) is 0 Å². The van der Waals surface area contributed by atoms with Crippen molar-refractivity contribution >= 4 is 25.7 Å². The van der Waals surface area contributed by atoms with E-state index in [-0.39, 0.29) is 25.9 Å². The highest BCUT2D eigenvalue weighted by atomic mass is 31.2. The highest BCUT2D eigenvalue weighted by Crippen LogP contribution is 2.43. The number of hydrogen-bond acceptors (Lipinski definition) is 10. The fraction of sp³-hybridized carbons (Fsp3) is 0.773. The van der Waals surface area contributed by atoms with Gasteiger partial charge in [-0.05, 0) is 109 Å². The number of phosphoric acid groups is 1. The number of rotatable bonds is 59. The molecule has 3 unspecified atom stereocenters. The normalized spacial score (nSPS) is 13.8. The molecule has 0 aliphatic carbocycles. The van der Waals surface area contributed by atoms with Gasteiger partial charge in [-0.1, -0.05) is 235 Å². The second-order valence-electron chi connectivity index (χ2n) is 21.2. The summed E-state index contributed by atoms with van der Waals surface area (Å²) < 4.78 is 39.7. The van der Waals surface area contributed by atoms with E-state index in [4.69, 9.17) is 23.3 Å². The Morgan fingerprint density at radius 3 is 1.06 bits per heavy atom. The summed E-state index contributed by atoms with van der Waals surface area (Å²) >= 11 is 0. The number of aliphatic hydroxyl groups excluding tert-OH is 1. The van der Waals surface area contributed by atoms with Gasteiger partial charge in [0.1, 0.15) is 12.7 Å². The lowest BCUT2D eigenvalue weighted by Crippen LogP contribution is -2.30. The molecule has 0 spiro atoms. The second-order valence-corrected chi connectivity index (χ2v) is 22.6. The maximum absolute atomic E-state index is 12.9. The van der Waals surface area contributed by atoms with E-state index in [9.17, 15) is 28.9 Å². The van der Waals surface area contributed by atoms with Crippen molar-refractivity contribution in [1.29, 1.82) is 0 Å². The number of aliphatic hydroxyl groups is 1. The van der Waals surface area contributed by atoms with Gasteiger partial charge >= 0.3 is 25.7 Å². The Bertz CT molecular complexity index is 1590. The first kappa shape index (κ1) is 74.9. The molecule has 0 aliphatic heterocycles. The monoisotopic (exact) mass is 1120 g/mol. The van der Waals surface area contributed by atoms with Gasteiger partial charge in [0.25, 0.3) is 0 Å². The molecule has 0 aromatic carbocycles. The topological polar surface area (TPSA) is 155 Å². The molecule has 0 aliphatic rings. The molecule has 3 atom stereocenters. The van der Waals surface area contributed by atoms with Crippen molar-refractivity contribution in [3.05, 3.63) is 72.9 Å². The lowest BCUT2D eigenvalue weighted by Gasteiger charge is -2.21. The third-order valence-electron chi connectivity index (χ3n) is 13.6. The van der Waals surface area contributed by atoms with Crippen molar-refractivity contribution in [3.8, 4) is 0 Å².